The Bertz CT molecular complexity index is 589. The van der Waals surface area contributed by atoms with E-state index in [0.29, 0.717) is 6.54 Å². The van der Waals surface area contributed by atoms with Crippen LogP contribution in [-0.4, -0.2) is 40.0 Å². The van der Waals surface area contributed by atoms with Crippen molar-refractivity contribution in [2.45, 2.75) is 44.4 Å². The average Bonchev–Trinajstić information content (AvgIpc) is 3.25. The van der Waals surface area contributed by atoms with E-state index in [1.165, 1.54) is 6.08 Å². The fourth-order valence-electron chi connectivity index (χ4n) is 3.67. The van der Waals surface area contributed by atoms with Gasteiger partial charge in [0.2, 0.25) is 11.8 Å². The number of amides is 2. The van der Waals surface area contributed by atoms with Crippen LogP contribution in [0.15, 0.2) is 18.9 Å². The maximum absolute atomic E-state index is 12.3. The summed E-state index contributed by atoms with van der Waals surface area (Å²) in [5, 5.41) is 10.2. The molecule has 1 saturated carbocycles. The highest BCUT2D eigenvalue weighted by Crippen LogP contribution is 2.32. The van der Waals surface area contributed by atoms with Gasteiger partial charge in [-0.05, 0) is 31.8 Å². The summed E-state index contributed by atoms with van der Waals surface area (Å²) in [7, 11) is 0. The van der Waals surface area contributed by atoms with Crippen molar-refractivity contribution in [2.75, 3.05) is 18.4 Å². The highest BCUT2D eigenvalue weighted by Gasteiger charge is 2.28. The van der Waals surface area contributed by atoms with Crippen LogP contribution in [0.1, 0.15) is 50.1 Å². The van der Waals surface area contributed by atoms with E-state index in [4.69, 9.17) is 0 Å². The normalized spacial score (nSPS) is 22.1. The number of rotatable bonds is 4. The van der Waals surface area contributed by atoms with Crippen LogP contribution >= 0.6 is 0 Å². The van der Waals surface area contributed by atoms with Gasteiger partial charge in [-0.1, -0.05) is 19.4 Å². The van der Waals surface area contributed by atoms with E-state index >= 15 is 0 Å². The van der Waals surface area contributed by atoms with Crippen molar-refractivity contribution in [1.82, 2.24) is 15.1 Å². The zero-order valence-corrected chi connectivity index (χ0v) is 13.4. The first-order valence-electron chi connectivity index (χ1n) is 8.44. The fourth-order valence-corrected chi connectivity index (χ4v) is 3.67. The van der Waals surface area contributed by atoms with Crippen molar-refractivity contribution in [3.63, 3.8) is 0 Å². The number of hydrogen-bond donors (Lipinski definition) is 2. The molecule has 2 aliphatic rings. The number of nitrogens with zero attached hydrogens (tertiary/aromatic N) is 2. The first-order chi connectivity index (χ1) is 11.2. The highest BCUT2D eigenvalue weighted by molar-refractivity contribution is 5.93. The third-order valence-electron chi connectivity index (χ3n) is 4.97. The summed E-state index contributed by atoms with van der Waals surface area (Å²) in [6.45, 7) is 4.96. The predicted molar refractivity (Wildman–Crippen MR) is 87.9 cm³/mol. The van der Waals surface area contributed by atoms with E-state index in [-0.39, 0.29) is 23.7 Å². The van der Waals surface area contributed by atoms with Crippen molar-refractivity contribution in [3.8, 4) is 0 Å². The van der Waals surface area contributed by atoms with Gasteiger partial charge < -0.3 is 10.2 Å². The van der Waals surface area contributed by atoms with Gasteiger partial charge in [0.15, 0.2) is 0 Å². The smallest absolute Gasteiger partial charge is 0.245 e. The Morgan fingerprint density at radius 3 is 2.83 bits per heavy atom. The summed E-state index contributed by atoms with van der Waals surface area (Å²) in [4.78, 5) is 26.0. The molecule has 1 saturated heterocycles. The van der Waals surface area contributed by atoms with E-state index in [1.54, 1.807) is 6.20 Å². The Morgan fingerprint density at radius 1 is 1.30 bits per heavy atom. The zero-order valence-electron chi connectivity index (χ0n) is 13.4. The van der Waals surface area contributed by atoms with Gasteiger partial charge in [-0.2, -0.15) is 5.10 Å². The Labute approximate surface area is 136 Å². The number of aromatic nitrogens is 2. The van der Waals surface area contributed by atoms with Gasteiger partial charge in [-0.25, -0.2) is 0 Å². The molecule has 1 aliphatic carbocycles. The van der Waals surface area contributed by atoms with Crippen LogP contribution in [0.5, 0.6) is 0 Å². The Kier molecular flexibility index (Phi) is 4.79. The van der Waals surface area contributed by atoms with E-state index in [1.807, 2.05) is 4.90 Å². The molecule has 1 atom stereocenters. The molecular weight excluding hydrogens is 292 g/mol. The maximum atomic E-state index is 12.3. The van der Waals surface area contributed by atoms with Gasteiger partial charge in [0.1, 0.15) is 0 Å². The molecule has 23 heavy (non-hydrogen) atoms. The molecule has 2 N–H and O–H groups in total. The number of anilines is 1. The van der Waals surface area contributed by atoms with Gasteiger partial charge in [0, 0.05) is 24.9 Å². The molecule has 1 unspecified atom stereocenters. The molecule has 0 spiro atoms. The predicted octanol–water partition coefficient (Wildman–Crippen LogP) is 2.43. The van der Waals surface area contributed by atoms with Crippen molar-refractivity contribution in [3.05, 3.63) is 24.5 Å². The summed E-state index contributed by atoms with van der Waals surface area (Å²) in [5.41, 5.74) is 1.69. The Balaban J connectivity index is 1.68. The lowest BCUT2D eigenvalue weighted by atomic mass is 9.93. The summed E-state index contributed by atoms with van der Waals surface area (Å²) < 4.78 is 0. The fraction of sp³-hybridized carbons (Fsp3) is 0.588. The van der Waals surface area contributed by atoms with Crippen LogP contribution in [0, 0.1) is 5.92 Å². The number of carbonyl (C=O) groups excluding carboxylic acids is 2. The lowest BCUT2D eigenvalue weighted by molar-refractivity contribution is -0.127. The van der Waals surface area contributed by atoms with Crippen molar-refractivity contribution in [1.29, 1.82) is 0 Å². The van der Waals surface area contributed by atoms with Gasteiger partial charge in [-0.3, -0.25) is 14.7 Å². The molecule has 124 valence electrons. The summed E-state index contributed by atoms with van der Waals surface area (Å²) in [6.07, 6.45) is 9.19. The van der Waals surface area contributed by atoms with Gasteiger partial charge in [0.25, 0.3) is 0 Å². The van der Waals surface area contributed by atoms with Crippen LogP contribution in [-0.2, 0) is 9.59 Å². The highest BCUT2D eigenvalue weighted by atomic mass is 16.2. The van der Waals surface area contributed by atoms with E-state index < -0.39 is 0 Å². The second kappa shape index (κ2) is 6.98. The van der Waals surface area contributed by atoms with Gasteiger partial charge in [-0.15, -0.1) is 0 Å². The minimum atomic E-state index is -0.0363. The number of H-pyrrole nitrogens is 1. The number of aromatic amines is 1. The van der Waals surface area contributed by atoms with Gasteiger partial charge in [0.05, 0.1) is 17.6 Å². The number of likely N-dealkylation sites (tertiary alicyclic amines) is 1. The Hall–Kier alpha value is -2.11. The van der Waals surface area contributed by atoms with E-state index in [2.05, 4.69) is 22.1 Å². The average molecular weight is 316 g/mol. The van der Waals surface area contributed by atoms with Crippen molar-refractivity contribution >= 4 is 17.5 Å². The van der Waals surface area contributed by atoms with E-state index in [0.717, 1.165) is 56.5 Å². The van der Waals surface area contributed by atoms with Crippen molar-refractivity contribution in [2.24, 2.45) is 5.92 Å². The quantitative estimate of drug-likeness (QED) is 0.837. The minimum absolute atomic E-state index is 0.0363. The standard InChI is InChI=1S/C17H24N4O2/c1-2-15(22)21-9-5-8-13(11-21)16-14(10-18-20-16)19-17(23)12-6-3-4-7-12/h2,10,12-13H,1,3-9,11H2,(H,18,20)(H,19,23). The van der Waals surface area contributed by atoms with Crippen LogP contribution in [0.2, 0.25) is 0 Å². The topological polar surface area (TPSA) is 78.1 Å². The maximum Gasteiger partial charge on any atom is 0.245 e. The van der Waals surface area contributed by atoms with E-state index in [9.17, 15) is 9.59 Å². The lowest BCUT2D eigenvalue weighted by Crippen LogP contribution is -2.38. The van der Waals surface area contributed by atoms with Crippen molar-refractivity contribution < 1.29 is 9.59 Å². The number of carbonyl (C=O) groups is 2. The van der Waals surface area contributed by atoms with Crippen LogP contribution in [0.4, 0.5) is 5.69 Å². The molecule has 1 aromatic rings. The largest absolute Gasteiger partial charge is 0.339 e. The molecule has 0 aromatic carbocycles. The monoisotopic (exact) mass is 316 g/mol. The minimum Gasteiger partial charge on any atom is -0.339 e. The zero-order chi connectivity index (χ0) is 16.2. The first kappa shape index (κ1) is 15.8. The molecule has 6 nitrogen and oxygen atoms in total. The molecule has 0 radical (unpaired) electrons. The molecule has 0 bridgehead atoms. The molecule has 2 heterocycles. The molecule has 2 amide bonds. The van der Waals surface area contributed by atoms with Crippen LogP contribution < -0.4 is 5.32 Å². The number of piperidine rings is 1. The third-order valence-corrected chi connectivity index (χ3v) is 4.97. The van der Waals surface area contributed by atoms with Crippen LogP contribution in [0.25, 0.3) is 0 Å². The lowest BCUT2D eigenvalue weighted by Gasteiger charge is -2.32. The summed E-state index contributed by atoms with van der Waals surface area (Å²) in [5.74, 6) is 0.364. The summed E-state index contributed by atoms with van der Waals surface area (Å²) >= 11 is 0. The number of nitrogens with one attached hydrogen (secondary N) is 2. The second-order valence-corrected chi connectivity index (χ2v) is 6.50. The third kappa shape index (κ3) is 3.46. The Morgan fingerprint density at radius 2 is 2.09 bits per heavy atom. The van der Waals surface area contributed by atoms with Gasteiger partial charge >= 0.3 is 0 Å². The summed E-state index contributed by atoms with van der Waals surface area (Å²) in [6, 6.07) is 0. The molecule has 6 heteroatoms. The second-order valence-electron chi connectivity index (χ2n) is 6.50. The SMILES string of the molecule is C=CC(=O)N1CCCC(c2[nH]ncc2NC(=O)C2CCCC2)C1. The van der Waals surface area contributed by atoms with Crippen LogP contribution in [0.3, 0.4) is 0 Å². The molecule has 1 aromatic heterocycles. The number of hydrogen-bond acceptors (Lipinski definition) is 3. The molecule has 2 fully saturated rings. The first-order valence-corrected chi connectivity index (χ1v) is 8.44. The molecule has 3 rings (SSSR count). The molecular formula is C17H24N4O2. The molecule has 1 aliphatic heterocycles.